The Kier molecular flexibility index (Phi) is 4.02. The van der Waals surface area contributed by atoms with Crippen LogP contribution in [-0.2, 0) is 14.6 Å². The minimum atomic E-state index is -2.87. The zero-order chi connectivity index (χ0) is 15.1. The van der Waals surface area contributed by atoms with Crippen LogP contribution in [0.25, 0.3) is 0 Å². The number of rotatable bonds is 3. The molecule has 1 amide bonds. The third-order valence-electron chi connectivity index (χ3n) is 4.61. The van der Waals surface area contributed by atoms with Crippen LogP contribution < -0.4 is 5.32 Å². The largest absolute Gasteiger partial charge is 0.353 e. The minimum Gasteiger partial charge on any atom is -0.353 e. The molecule has 114 valence electrons. The first kappa shape index (κ1) is 15.5. The van der Waals surface area contributed by atoms with E-state index in [4.69, 9.17) is 0 Å². The zero-order valence-corrected chi connectivity index (χ0v) is 13.6. The van der Waals surface area contributed by atoms with Gasteiger partial charge in [0.25, 0.3) is 0 Å². The second-order valence-corrected chi connectivity index (χ2v) is 9.31. The first-order valence-corrected chi connectivity index (χ1v) is 9.11. The van der Waals surface area contributed by atoms with E-state index in [1.807, 2.05) is 0 Å². The SMILES string of the molecule is CC(C)=C[C@@H]1[C@H](C(=O)NC2CCS(=O)(=O)CC2)C1(C)C. The van der Waals surface area contributed by atoms with Crippen LogP contribution in [0.4, 0.5) is 0 Å². The number of carbonyl (C=O) groups is 1. The van der Waals surface area contributed by atoms with Crippen molar-refractivity contribution in [2.24, 2.45) is 17.3 Å². The van der Waals surface area contributed by atoms with Crippen LogP contribution >= 0.6 is 0 Å². The van der Waals surface area contributed by atoms with Crippen molar-refractivity contribution in [2.75, 3.05) is 11.5 Å². The fourth-order valence-corrected chi connectivity index (χ4v) is 4.67. The number of allylic oxidation sites excluding steroid dienone is 2. The van der Waals surface area contributed by atoms with Gasteiger partial charge in [-0.25, -0.2) is 8.42 Å². The molecule has 20 heavy (non-hydrogen) atoms. The normalized spacial score (nSPS) is 31.4. The Bertz CT molecular complexity index is 515. The average Bonchev–Trinajstić information content (AvgIpc) is 2.82. The highest BCUT2D eigenvalue weighted by Crippen LogP contribution is 2.59. The summed E-state index contributed by atoms with van der Waals surface area (Å²) in [5, 5.41) is 3.04. The summed E-state index contributed by atoms with van der Waals surface area (Å²) in [6.45, 7) is 8.34. The summed E-state index contributed by atoms with van der Waals surface area (Å²) in [6, 6.07) is 0.0229. The van der Waals surface area contributed by atoms with Crippen LogP contribution in [0.3, 0.4) is 0 Å². The summed E-state index contributed by atoms with van der Waals surface area (Å²) in [5.74, 6) is 0.810. The summed E-state index contributed by atoms with van der Waals surface area (Å²) in [4.78, 5) is 12.4. The van der Waals surface area contributed by atoms with Gasteiger partial charge in [-0.3, -0.25) is 4.79 Å². The van der Waals surface area contributed by atoms with Crippen LogP contribution in [0.2, 0.25) is 0 Å². The Balaban J connectivity index is 1.92. The predicted octanol–water partition coefficient (Wildman–Crippen LogP) is 1.92. The van der Waals surface area contributed by atoms with E-state index in [1.54, 1.807) is 0 Å². The predicted molar refractivity (Wildman–Crippen MR) is 80.0 cm³/mol. The molecule has 0 bridgehead atoms. The maximum atomic E-state index is 12.4. The Morgan fingerprint density at radius 3 is 2.25 bits per heavy atom. The van der Waals surface area contributed by atoms with Gasteiger partial charge in [0.15, 0.2) is 0 Å². The highest BCUT2D eigenvalue weighted by Gasteiger charge is 2.60. The highest BCUT2D eigenvalue weighted by atomic mass is 32.2. The minimum absolute atomic E-state index is 0.0160. The molecular weight excluding hydrogens is 274 g/mol. The van der Waals surface area contributed by atoms with Crippen LogP contribution in [-0.4, -0.2) is 31.9 Å². The first-order valence-electron chi connectivity index (χ1n) is 7.29. The lowest BCUT2D eigenvalue weighted by atomic mass is 10.1. The van der Waals surface area contributed by atoms with E-state index in [9.17, 15) is 13.2 Å². The van der Waals surface area contributed by atoms with E-state index in [2.05, 4.69) is 39.1 Å². The van der Waals surface area contributed by atoms with Crippen LogP contribution in [0.1, 0.15) is 40.5 Å². The molecule has 1 saturated heterocycles. The van der Waals surface area contributed by atoms with Gasteiger partial charge in [0, 0.05) is 6.04 Å². The molecule has 5 heteroatoms. The topological polar surface area (TPSA) is 63.2 Å². The van der Waals surface area contributed by atoms with Crippen LogP contribution in [0, 0.1) is 17.3 Å². The molecular formula is C15H25NO3S. The van der Waals surface area contributed by atoms with Crippen molar-refractivity contribution in [1.82, 2.24) is 5.32 Å². The number of nitrogens with one attached hydrogen (secondary N) is 1. The van der Waals surface area contributed by atoms with Gasteiger partial charge >= 0.3 is 0 Å². The third-order valence-corrected chi connectivity index (χ3v) is 6.32. The van der Waals surface area contributed by atoms with Gasteiger partial charge in [-0.2, -0.15) is 0 Å². The van der Waals surface area contributed by atoms with Crippen molar-refractivity contribution in [3.63, 3.8) is 0 Å². The number of hydrogen-bond acceptors (Lipinski definition) is 3. The number of amides is 1. The van der Waals surface area contributed by atoms with E-state index in [0.717, 1.165) is 0 Å². The van der Waals surface area contributed by atoms with Gasteiger partial charge in [-0.1, -0.05) is 25.5 Å². The van der Waals surface area contributed by atoms with Crippen molar-refractivity contribution in [3.05, 3.63) is 11.6 Å². The molecule has 0 aromatic carbocycles. The molecule has 2 atom stereocenters. The van der Waals surface area contributed by atoms with Gasteiger partial charge in [-0.15, -0.1) is 0 Å². The lowest BCUT2D eigenvalue weighted by Gasteiger charge is -2.23. The van der Waals surface area contributed by atoms with Gasteiger partial charge in [0.1, 0.15) is 9.84 Å². The van der Waals surface area contributed by atoms with Crippen molar-refractivity contribution in [2.45, 2.75) is 46.6 Å². The second kappa shape index (κ2) is 5.17. The fourth-order valence-electron chi connectivity index (χ4n) is 3.17. The van der Waals surface area contributed by atoms with E-state index in [0.29, 0.717) is 18.8 Å². The molecule has 0 spiro atoms. The van der Waals surface area contributed by atoms with Crippen LogP contribution in [0.15, 0.2) is 11.6 Å². The van der Waals surface area contributed by atoms with E-state index < -0.39 is 9.84 Å². The molecule has 1 aliphatic carbocycles. The maximum Gasteiger partial charge on any atom is 0.224 e. The highest BCUT2D eigenvalue weighted by molar-refractivity contribution is 7.91. The molecule has 0 aromatic heterocycles. The molecule has 1 saturated carbocycles. The summed E-state index contributed by atoms with van der Waals surface area (Å²) >= 11 is 0. The van der Waals surface area contributed by atoms with E-state index >= 15 is 0 Å². The number of hydrogen-bond donors (Lipinski definition) is 1. The summed E-state index contributed by atoms with van der Waals surface area (Å²) in [5.41, 5.74) is 1.25. The van der Waals surface area contributed by atoms with Crippen molar-refractivity contribution in [3.8, 4) is 0 Å². The Morgan fingerprint density at radius 2 is 1.75 bits per heavy atom. The quantitative estimate of drug-likeness (QED) is 0.810. The van der Waals surface area contributed by atoms with Gasteiger partial charge < -0.3 is 5.32 Å². The lowest BCUT2D eigenvalue weighted by Crippen LogP contribution is -2.42. The Morgan fingerprint density at radius 1 is 1.20 bits per heavy atom. The monoisotopic (exact) mass is 299 g/mol. The molecule has 0 unspecified atom stereocenters. The zero-order valence-electron chi connectivity index (χ0n) is 12.8. The molecule has 1 N–H and O–H groups in total. The van der Waals surface area contributed by atoms with E-state index in [-0.39, 0.29) is 34.8 Å². The molecule has 2 aliphatic rings. The first-order chi connectivity index (χ1) is 9.13. The fraction of sp³-hybridized carbons (Fsp3) is 0.800. The molecule has 2 fully saturated rings. The van der Waals surface area contributed by atoms with Gasteiger partial charge in [-0.05, 0) is 38.0 Å². The Labute approximate surface area is 121 Å². The van der Waals surface area contributed by atoms with Gasteiger partial charge in [0.05, 0.1) is 17.4 Å². The van der Waals surface area contributed by atoms with E-state index in [1.165, 1.54) is 5.57 Å². The molecule has 2 rings (SSSR count). The molecule has 0 radical (unpaired) electrons. The summed E-state index contributed by atoms with van der Waals surface area (Å²) in [6.07, 6.45) is 3.28. The summed E-state index contributed by atoms with van der Waals surface area (Å²) in [7, 11) is -2.87. The van der Waals surface area contributed by atoms with Crippen molar-refractivity contribution < 1.29 is 13.2 Å². The second-order valence-electron chi connectivity index (χ2n) is 7.00. The lowest BCUT2D eigenvalue weighted by molar-refractivity contribution is -0.123. The molecule has 4 nitrogen and oxygen atoms in total. The van der Waals surface area contributed by atoms with Crippen molar-refractivity contribution >= 4 is 15.7 Å². The standard InChI is InChI=1S/C15H25NO3S/c1-10(2)9-12-13(15(12,3)4)14(17)16-11-5-7-20(18,19)8-6-11/h9,11-13H,5-8H2,1-4H3,(H,16,17)/t12-,13-/m1/s1. The van der Waals surface area contributed by atoms with Crippen molar-refractivity contribution in [1.29, 1.82) is 0 Å². The molecule has 0 aromatic rings. The molecule has 1 aliphatic heterocycles. The number of sulfone groups is 1. The van der Waals surface area contributed by atoms with Gasteiger partial charge in [0.2, 0.25) is 5.91 Å². The molecule has 1 heterocycles. The average molecular weight is 299 g/mol. The van der Waals surface area contributed by atoms with Crippen LogP contribution in [0.5, 0.6) is 0 Å². The third kappa shape index (κ3) is 3.25. The smallest absolute Gasteiger partial charge is 0.224 e. The number of carbonyl (C=O) groups excluding carboxylic acids is 1. The Hall–Kier alpha value is -0.840. The maximum absolute atomic E-state index is 12.4. The summed E-state index contributed by atoms with van der Waals surface area (Å²) < 4.78 is 22.8.